The summed E-state index contributed by atoms with van der Waals surface area (Å²) in [5, 5.41) is 5.74. The number of amides is 1. The van der Waals surface area contributed by atoms with Crippen molar-refractivity contribution in [2.45, 2.75) is 26.7 Å². The van der Waals surface area contributed by atoms with Crippen LogP contribution in [0, 0.1) is 12.7 Å². The Morgan fingerprint density at radius 1 is 1.14 bits per heavy atom. The zero-order valence-corrected chi connectivity index (χ0v) is 13.1. The number of carbonyl (C=O) groups excluding carboxylic acids is 1. The molecule has 2 rings (SSSR count). The molecular formula is C18H21FN2O. The predicted molar refractivity (Wildman–Crippen MR) is 88.8 cm³/mol. The molecule has 1 amide bonds. The number of hydrogen-bond acceptors (Lipinski definition) is 2. The van der Waals surface area contributed by atoms with E-state index in [9.17, 15) is 9.18 Å². The molecule has 2 aromatic carbocycles. The molecule has 0 aliphatic heterocycles. The summed E-state index contributed by atoms with van der Waals surface area (Å²) >= 11 is 0. The summed E-state index contributed by atoms with van der Waals surface area (Å²) in [5.74, 6) is -0.352. The number of nitrogens with one attached hydrogen (secondary N) is 2. The van der Waals surface area contributed by atoms with Gasteiger partial charge in [-0.2, -0.15) is 0 Å². The summed E-state index contributed by atoms with van der Waals surface area (Å²) < 4.78 is 13.5. The van der Waals surface area contributed by atoms with Crippen LogP contribution in [0.15, 0.2) is 42.5 Å². The van der Waals surface area contributed by atoms with E-state index in [4.69, 9.17) is 0 Å². The summed E-state index contributed by atoms with van der Waals surface area (Å²) in [5.41, 5.74) is 3.42. The minimum atomic E-state index is -0.436. The molecule has 22 heavy (non-hydrogen) atoms. The number of carbonyl (C=O) groups is 1. The van der Waals surface area contributed by atoms with E-state index in [-0.39, 0.29) is 18.1 Å². The van der Waals surface area contributed by atoms with Gasteiger partial charge in [0.2, 0.25) is 5.91 Å². The van der Waals surface area contributed by atoms with Crippen molar-refractivity contribution in [3.63, 3.8) is 0 Å². The van der Waals surface area contributed by atoms with Crippen LogP contribution in [0.1, 0.15) is 30.9 Å². The van der Waals surface area contributed by atoms with Crippen LogP contribution in [0.5, 0.6) is 0 Å². The third kappa shape index (κ3) is 3.85. The fourth-order valence-corrected chi connectivity index (χ4v) is 2.34. The van der Waals surface area contributed by atoms with E-state index in [1.807, 2.05) is 19.1 Å². The van der Waals surface area contributed by atoms with Crippen LogP contribution in [0.4, 0.5) is 15.8 Å². The van der Waals surface area contributed by atoms with Crippen molar-refractivity contribution in [3.8, 4) is 0 Å². The lowest BCUT2D eigenvalue weighted by molar-refractivity contribution is -0.114. The van der Waals surface area contributed by atoms with Gasteiger partial charge in [0.1, 0.15) is 5.82 Å². The van der Waals surface area contributed by atoms with Crippen LogP contribution in [0.25, 0.3) is 0 Å². The van der Waals surface area contributed by atoms with Gasteiger partial charge in [0.25, 0.3) is 0 Å². The normalized spacial score (nSPS) is 10.6. The maximum absolute atomic E-state index is 13.5. The first-order valence-electron chi connectivity index (χ1n) is 7.36. The van der Waals surface area contributed by atoms with E-state index in [0.29, 0.717) is 5.92 Å². The Hall–Kier alpha value is -2.36. The van der Waals surface area contributed by atoms with Crippen molar-refractivity contribution in [1.29, 1.82) is 0 Å². The van der Waals surface area contributed by atoms with Gasteiger partial charge in [0.15, 0.2) is 0 Å². The average molecular weight is 300 g/mol. The second kappa shape index (κ2) is 7.07. The van der Waals surface area contributed by atoms with E-state index in [1.54, 1.807) is 18.2 Å². The van der Waals surface area contributed by atoms with Crippen LogP contribution < -0.4 is 10.6 Å². The number of anilines is 2. The minimum Gasteiger partial charge on any atom is -0.376 e. The first-order valence-corrected chi connectivity index (χ1v) is 7.36. The smallest absolute Gasteiger partial charge is 0.243 e. The molecule has 0 spiro atoms. The van der Waals surface area contributed by atoms with Crippen LogP contribution in [0.3, 0.4) is 0 Å². The molecule has 0 unspecified atom stereocenters. The Labute approximate surface area is 130 Å². The van der Waals surface area contributed by atoms with Crippen molar-refractivity contribution in [3.05, 3.63) is 59.4 Å². The lowest BCUT2D eigenvalue weighted by atomic mass is 9.98. The van der Waals surface area contributed by atoms with E-state index in [1.165, 1.54) is 11.6 Å². The molecule has 2 aromatic rings. The van der Waals surface area contributed by atoms with E-state index in [2.05, 4.69) is 30.5 Å². The number of benzene rings is 2. The summed E-state index contributed by atoms with van der Waals surface area (Å²) in [7, 11) is 0. The van der Waals surface area contributed by atoms with E-state index >= 15 is 0 Å². The fourth-order valence-electron chi connectivity index (χ4n) is 2.34. The van der Waals surface area contributed by atoms with Crippen molar-refractivity contribution in [2.24, 2.45) is 0 Å². The molecule has 0 aromatic heterocycles. The first-order chi connectivity index (χ1) is 10.5. The summed E-state index contributed by atoms with van der Waals surface area (Å²) in [6, 6.07) is 12.2. The van der Waals surface area contributed by atoms with Crippen molar-refractivity contribution in [1.82, 2.24) is 0 Å². The zero-order chi connectivity index (χ0) is 16.1. The molecule has 0 aliphatic carbocycles. The second-order valence-electron chi connectivity index (χ2n) is 5.58. The molecule has 0 heterocycles. The largest absolute Gasteiger partial charge is 0.376 e. The molecule has 0 atom stereocenters. The number of halogens is 1. The van der Waals surface area contributed by atoms with Crippen molar-refractivity contribution >= 4 is 17.3 Å². The number of rotatable bonds is 5. The van der Waals surface area contributed by atoms with Gasteiger partial charge in [-0.05, 0) is 36.1 Å². The highest BCUT2D eigenvalue weighted by Gasteiger charge is 2.11. The molecule has 0 aliphatic rings. The lowest BCUT2D eigenvalue weighted by Crippen LogP contribution is -2.23. The summed E-state index contributed by atoms with van der Waals surface area (Å²) in [4.78, 5) is 12.0. The highest BCUT2D eigenvalue weighted by atomic mass is 19.1. The molecule has 0 bridgehead atoms. The number of aryl methyl sites for hydroxylation is 1. The van der Waals surface area contributed by atoms with E-state index in [0.717, 1.165) is 11.3 Å². The van der Waals surface area contributed by atoms with Crippen LogP contribution in [0.2, 0.25) is 0 Å². The van der Waals surface area contributed by atoms with Gasteiger partial charge in [-0.1, -0.05) is 44.2 Å². The maximum atomic E-state index is 13.5. The van der Waals surface area contributed by atoms with Crippen LogP contribution in [-0.2, 0) is 4.79 Å². The topological polar surface area (TPSA) is 41.1 Å². The van der Waals surface area contributed by atoms with Gasteiger partial charge in [0, 0.05) is 5.69 Å². The zero-order valence-electron chi connectivity index (χ0n) is 13.1. The minimum absolute atomic E-state index is 0.0961. The maximum Gasteiger partial charge on any atom is 0.243 e. The Morgan fingerprint density at radius 2 is 1.86 bits per heavy atom. The fraction of sp³-hybridized carbons (Fsp3) is 0.278. The van der Waals surface area contributed by atoms with Gasteiger partial charge in [-0.3, -0.25) is 4.79 Å². The van der Waals surface area contributed by atoms with Gasteiger partial charge < -0.3 is 10.6 Å². The molecule has 3 nitrogen and oxygen atoms in total. The Bertz CT molecular complexity index is 668. The summed E-state index contributed by atoms with van der Waals surface area (Å²) in [6.07, 6.45) is 0. The molecule has 2 N–H and O–H groups in total. The van der Waals surface area contributed by atoms with Gasteiger partial charge in [-0.15, -0.1) is 0 Å². The lowest BCUT2D eigenvalue weighted by Gasteiger charge is -2.17. The Kier molecular flexibility index (Phi) is 5.15. The van der Waals surface area contributed by atoms with Crippen LogP contribution >= 0.6 is 0 Å². The van der Waals surface area contributed by atoms with Crippen LogP contribution in [-0.4, -0.2) is 12.5 Å². The third-order valence-corrected chi connectivity index (χ3v) is 3.50. The van der Waals surface area contributed by atoms with Gasteiger partial charge in [0.05, 0.1) is 12.2 Å². The van der Waals surface area contributed by atoms with E-state index < -0.39 is 5.82 Å². The molecule has 116 valence electrons. The quantitative estimate of drug-likeness (QED) is 0.864. The summed E-state index contributed by atoms with van der Waals surface area (Å²) in [6.45, 7) is 6.32. The monoisotopic (exact) mass is 300 g/mol. The van der Waals surface area contributed by atoms with Gasteiger partial charge in [-0.25, -0.2) is 4.39 Å². The molecule has 0 saturated heterocycles. The predicted octanol–water partition coefficient (Wildman–Crippen LogP) is 4.31. The Balaban J connectivity index is 2.04. The average Bonchev–Trinajstić information content (AvgIpc) is 2.48. The highest BCUT2D eigenvalue weighted by molar-refractivity contribution is 5.94. The number of hydrogen-bond donors (Lipinski definition) is 2. The third-order valence-electron chi connectivity index (χ3n) is 3.50. The van der Waals surface area contributed by atoms with Crippen molar-refractivity contribution in [2.75, 3.05) is 17.2 Å². The molecular weight excluding hydrogens is 279 g/mol. The molecule has 4 heteroatoms. The number of para-hydroxylation sites is 2. The van der Waals surface area contributed by atoms with Crippen molar-refractivity contribution < 1.29 is 9.18 Å². The molecule has 0 saturated carbocycles. The van der Waals surface area contributed by atoms with Gasteiger partial charge >= 0.3 is 0 Å². The molecule has 0 radical (unpaired) electrons. The SMILES string of the molecule is Cc1cccc(C(C)C)c1NCC(=O)Nc1ccccc1F. The molecule has 0 fully saturated rings. The second-order valence-corrected chi connectivity index (χ2v) is 5.58. The Morgan fingerprint density at radius 3 is 2.55 bits per heavy atom. The highest BCUT2D eigenvalue weighted by Crippen LogP contribution is 2.27. The standard InChI is InChI=1S/C18H21FN2O/c1-12(2)14-8-6-7-13(3)18(14)20-11-17(22)21-16-10-5-4-9-15(16)19/h4-10,12,20H,11H2,1-3H3,(H,21,22). The first kappa shape index (κ1) is 16.0.